The van der Waals surface area contributed by atoms with Crippen LogP contribution in [0.25, 0.3) is 10.9 Å². The van der Waals surface area contributed by atoms with Crippen LogP contribution in [0.5, 0.6) is 0 Å². The van der Waals surface area contributed by atoms with Crippen molar-refractivity contribution in [2.45, 2.75) is 19.3 Å². The van der Waals surface area contributed by atoms with E-state index in [2.05, 4.69) is 11.1 Å². The Hall–Kier alpha value is -1.57. The summed E-state index contributed by atoms with van der Waals surface area (Å²) < 4.78 is 0. The third-order valence-corrected chi connectivity index (χ3v) is 2.59. The molecular weight excluding hydrogens is 174 g/mol. The Balaban J connectivity index is 2.59. The Labute approximate surface area is 82.9 Å². The molecule has 0 unspecified atom stereocenters. The molecule has 0 amide bonds. The van der Waals surface area contributed by atoms with E-state index < -0.39 is 5.41 Å². The van der Waals surface area contributed by atoms with Gasteiger partial charge in [0.05, 0.1) is 0 Å². The molecule has 72 valence electrons. The Kier molecular flexibility index (Phi) is 1.92. The molecule has 2 rings (SSSR count). The molecule has 1 aromatic carbocycles. The summed E-state index contributed by atoms with van der Waals surface area (Å²) in [6.45, 7) is 3.85. The van der Waals surface area contributed by atoms with E-state index in [0.717, 1.165) is 22.8 Å². The van der Waals surface area contributed by atoms with Crippen molar-refractivity contribution in [3.05, 3.63) is 36.0 Å². The lowest BCUT2D eigenvalue weighted by atomic mass is 9.86. The molecular formula is C12H13NO. The van der Waals surface area contributed by atoms with Crippen LogP contribution in [0.15, 0.2) is 30.5 Å². The van der Waals surface area contributed by atoms with Crippen molar-refractivity contribution in [1.82, 2.24) is 4.98 Å². The lowest BCUT2D eigenvalue weighted by molar-refractivity contribution is -0.111. The molecule has 0 atom stereocenters. The van der Waals surface area contributed by atoms with Gasteiger partial charge in [-0.25, -0.2) is 0 Å². The highest BCUT2D eigenvalue weighted by atomic mass is 16.1. The molecule has 1 aromatic heterocycles. The monoisotopic (exact) mass is 187 g/mol. The molecule has 2 aromatic rings. The summed E-state index contributed by atoms with van der Waals surface area (Å²) in [5.41, 5.74) is 1.76. The lowest BCUT2D eigenvalue weighted by Gasteiger charge is -2.17. The highest BCUT2D eigenvalue weighted by Gasteiger charge is 2.19. The van der Waals surface area contributed by atoms with Gasteiger partial charge in [0.15, 0.2) is 0 Å². The van der Waals surface area contributed by atoms with Crippen LogP contribution in [0, 0.1) is 0 Å². The number of rotatable bonds is 2. The van der Waals surface area contributed by atoms with Gasteiger partial charge in [-0.1, -0.05) is 6.07 Å². The number of H-pyrrole nitrogens is 1. The van der Waals surface area contributed by atoms with Crippen LogP contribution in [-0.4, -0.2) is 11.3 Å². The largest absolute Gasteiger partial charge is 0.361 e. The predicted octanol–water partition coefficient (Wildman–Crippen LogP) is 2.64. The third-order valence-electron chi connectivity index (χ3n) is 2.59. The van der Waals surface area contributed by atoms with Crippen molar-refractivity contribution in [3.8, 4) is 0 Å². The Morgan fingerprint density at radius 2 is 2.07 bits per heavy atom. The maximum absolute atomic E-state index is 10.9. The summed E-state index contributed by atoms with van der Waals surface area (Å²) in [6.07, 6.45) is 2.89. The molecule has 0 aliphatic heterocycles. The molecule has 1 heterocycles. The first kappa shape index (κ1) is 9.00. The van der Waals surface area contributed by atoms with Gasteiger partial charge in [-0.3, -0.25) is 0 Å². The molecule has 1 N–H and O–H groups in total. The second-order valence-electron chi connectivity index (χ2n) is 4.12. The molecule has 2 heteroatoms. The SMILES string of the molecule is CC(C)(C=O)c1ccc2[nH]ccc2c1. The zero-order valence-electron chi connectivity index (χ0n) is 8.37. The number of aldehydes is 1. The summed E-state index contributed by atoms with van der Waals surface area (Å²) in [7, 11) is 0. The van der Waals surface area contributed by atoms with Crippen LogP contribution in [0.4, 0.5) is 0 Å². The zero-order chi connectivity index (χ0) is 10.2. The first-order valence-corrected chi connectivity index (χ1v) is 4.67. The minimum atomic E-state index is -0.397. The van der Waals surface area contributed by atoms with Gasteiger partial charge in [-0.05, 0) is 43.0 Å². The van der Waals surface area contributed by atoms with E-state index >= 15 is 0 Å². The summed E-state index contributed by atoms with van der Waals surface area (Å²) in [6, 6.07) is 8.07. The average molecular weight is 187 g/mol. The summed E-state index contributed by atoms with van der Waals surface area (Å²) in [5, 5.41) is 1.15. The average Bonchev–Trinajstić information content (AvgIpc) is 2.64. The van der Waals surface area contributed by atoms with Crippen molar-refractivity contribution >= 4 is 17.2 Å². The fraction of sp³-hybridized carbons (Fsp3) is 0.250. The number of aromatic amines is 1. The smallest absolute Gasteiger partial charge is 0.129 e. The van der Waals surface area contributed by atoms with Crippen LogP contribution in [0.1, 0.15) is 19.4 Å². The number of carbonyl (C=O) groups is 1. The van der Waals surface area contributed by atoms with Gasteiger partial charge >= 0.3 is 0 Å². The number of nitrogens with one attached hydrogen (secondary N) is 1. The third kappa shape index (κ3) is 1.33. The summed E-state index contributed by atoms with van der Waals surface area (Å²) in [4.78, 5) is 14.0. The standard InChI is InChI=1S/C12H13NO/c1-12(2,8-14)10-3-4-11-9(7-10)5-6-13-11/h3-8,13H,1-2H3. The maximum atomic E-state index is 10.9. The minimum Gasteiger partial charge on any atom is -0.361 e. The van der Waals surface area contributed by atoms with E-state index in [-0.39, 0.29) is 0 Å². The quantitative estimate of drug-likeness (QED) is 0.720. The number of carbonyl (C=O) groups excluding carboxylic acids is 1. The van der Waals surface area contributed by atoms with Crippen LogP contribution < -0.4 is 0 Å². The first-order valence-electron chi connectivity index (χ1n) is 4.67. The van der Waals surface area contributed by atoms with Crippen LogP contribution in [0.2, 0.25) is 0 Å². The van der Waals surface area contributed by atoms with Crippen molar-refractivity contribution in [1.29, 1.82) is 0 Å². The first-order chi connectivity index (χ1) is 6.63. The van der Waals surface area contributed by atoms with E-state index in [9.17, 15) is 4.79 Å². The molecule has 0 spiro atoms. The molecule has 0 radical (unpaired) electrons. The van der Waals surface area contributed by atoms with Crippen LogP contribution in [-0.2, 0) is 10.2 Å². The van der Waals surface area contributed by atoms with Crippen molar-refractivity contribution in [2.24, 2.45) is 0 Å². The highest BCUT2D eigenvalue weighted by Crippen LogP contribution is 2.24. The van der Waals surface area contributed by atoms with E-state index in [1.807, 2.05) is 38.2 Å². The van der Waals surface area contributed by atoms with Gasteiger partial charge in [0.1, 0.15) is 6.29 Å². The topological polar surface area (TPSA) is 32.9 Å². The van der Waals surface area contributed by atoms with Gasteiger partial charge in [0.25, 0.3) is 0 Å². The van der Waals surface area contributed by atoms with E-state index in [1.165, 1.54) is 0 Å². The van der Waals surface area contributed by atoms with Crippen LogP contribution in [0.3, 0.4) is 0 Å². The second kappa shape index (κ2) is 2.98. The van der Waals surface area contributed by atoms with E-state index in [0.29, 0.717) is 0 Å². The fourth-order valence-electron chi connectivity index (χ4n) is 1.52. The molecule has 0 saturated carbocycles. The molecule has 0 fully saturated rings. The Bertz CT molecular complexity index is 468. The van der Waals surface area contributed by atoms with Gasteiger partial charge < -0.3 is 9.78 Å². The number of aromatic nitrogens is 1. The Morgan fingerprint density at radius 3 is 2.79 bits per heavy atom. The lowest BCUT2D eigenvalue weighted by Crippen LogP contribution is -2.18. The Morgan fingerprint density at radius 1 is 1.29 bits per heavy atom. The number of hydrogen-bond donors (Lipinski definition) is 1. The van der Waals surface area contributed by atoms with Crippen molar-refractivity contribution < 1.29 is 4.79 Å². The highest BCUT2D eigenvalue weighted by molar-refractivity contribution is 5.82. The molecule has 14 heavy (non-hydrogen) atoms. The number of benzene rings is 1. The second-order valence-corrected chi connectivity index (χ2v) is 4.12. The minimum absolute atomic E-state index is 0.397. The summed E-state index contributed by atoms with van der Waals surface area (Å²) >= 11 is 0. The predicted molar refractivity (Wildman–Crippen MR) is 57.4 cm³/mol. The molecule has 0 aliphatic carbocycles. The van der Waals surface area contributed by atoms with E-state index in [1.54, 1.807) is 0 Å². The van der Waals surface area contributed by atoms with E-state index in [4.69, 9.17) is 0 Å². The van der Waals surface area contributed by atoms with Crippen LogP contribution >= 0.6 is 0 Å². The van der Waals surface area contributed by atoms with Gasteiger partial charge in [-0.2, -0.15) is 0 Å². The van der Waals surface area contributed by atoms with Gasteiger partial charge in [0.2, 0.25) is 0 Å². The normalized spacial score (nSPS) is 11.9. The van der Waals surface area contributed by atoms with Crippen molar-refractivity contribution in [3.63, 3.8) is 0 Å². The van der Waals surface area contributed by atoms with Crippen molar-refractivity contribution in [2.75, 3.05) is 0 Å². The maximum Gasteiger partial charge on any atom is 0.129 e. The summed E-state index contributed by atoms with van der Waals surface area (Å²) in [5.74, 6) is 0. The molecule has 0 saturated heterocycles. The molecule has 0 aliphatic rings. The van der Waals surface area contributed by atoms with Gasteiger partial charge in [0, 0.05) is 17.1 Å². The molecule has 0 bridgehead atoms. The number of fused-ring (bicyclic) bond motifs is 1. The number of hydrogen-bond acceptors (Lipinski definition) is 1. The molecule has 2 nitrogen and oxygen atoms in total. The fourth-order valence-corrected chi connectivity index (χ4v) is 1.52. The zero-order valence-corrected chi connectivity index (χ0v) is 8.37. The van der Waals surface area contributed by atoms with Gasteiger partial charge in [-0.15, -0.1) is 0 Å².